The Hall–Kier alpha value is -1.51. The van der Waals surface area contributed by atoms with Gasteiger partial charge >= 0.3 is 6.18 Å². The topological polar surface area (TPSA) is 41.6 Å². The van der Waals surface area contributed by atoms with E-state index in [1.165, 1.54) is 16.9 Å². The summed E-state index contributed by atoms with van der Waals surface area (Å²) in [5.74, 6) is -2.00. The molecular weight excluding hydrogens is 195 g/mol. The number of hydrogen-bond acceptors (Lipinski definition) is 2. The van der Waals surface area contributed by atoms with Crippen LogP contribution in [0, 0.1) is 24.2 Å². The lowest BCUT2D eigenvalue weighted by molar-refractivity contribution is -0.162. The van der Waals surface area contributed by atoms with Crippen molar-refractivity contribution in [1.82, 2.24) is 9.78 Å². The number of nitriles is 1. The van der Waals surface area contributed by atoms with Crippen LogP contribution in [0.3, 0.4) is 0 Å². The maximum atomic E-state index is 12.2. The monoisotopic (exact) mass is 203 g/mol. The van der Waals surface area contributed by atoms with Gasteiger partial charge in [0.15, 0.2) is 5.92 Å². The Balaban J connectivity index is 2.78. The van der Waals surface area contributed by atoms with Crippen LogP contribution >= 0.6 is 0 Å². The fourth-order valence-corrected chi connectivity index (χ4v) is 0.980. The van der Waals surface area contributed by atoms with Crippen molar-refractivity contribution in [2.45, 2.75) is 19.6 Å². The zero-order valence-corrected chi connectivity index (χ0v) is 7.41. The summed E-state index contributed by atoms with van der Waals surface area (Å²) in [6.45, 7) is 1.19. The van der Waals surface area contributed by atoms with Crippen molar-refractivity contribution in [2.24, 2.45) is 5.92 Å². The van der Waals surface area contributed by atoms with Gasteiger partial charge in [-0.15, -0.1) is 0 Å². The Morgan fingerprint density at radius 3 is 2.64 bits per heavy atom. The fourth-order valence-electron chi connectivity index (χ4n) is 0.980. The molecule has 0 amide bonds. The van der Waals surface area contributed by atoms with Crippen LogP contribution in [0.2, 0.25) is 0 Å². The molecule has 0 saturated heterocycles. The van der Waals surface area contributed by atoms with Crippen LogP contribution in [0.1, 0.15) is 5.69 Å². The number of rotatable bonds is 2. The standard InChI is InChI=1S/C8H8F3N3/c1-6-2-3-13-14(6)5-7(4-12)8(9,10)11/h2-3,7H,5H2,1H3. The van der Waals surface area contributed by atoms with Gasteiger partial charge in [0.1, 0.15) is 0 Å². The fraction of sp³-hybridized carbons (Fsp3) is 0.500. The second-order valence-electron chi connectivity index (χ2n) is 2.88. The molecule has 0 radical (unpaired) electrons. The average molecular weight is 203 g/mol. The Morgan fingerprint density at radius 2 is 2.29 bits per heavy atom. The average Bonchev–Trinajstić information content (AvgIpc) is 2.45. The largest absolute Gasteiger partial charge is 0.406 e. The van der Waals surface area contributed by atoms with Gasteiger partial charge in [-0.3, -0.25) is 4.68 Å². The van der Waals surface area contributed by atoms with Gasteiger partial charge < -0.3 is 0 Å². The molecule has 0 aromatic carbocycles. The molecule has 0 aliphatic rings. The highest BCUT2D eigenvalue weighted by molar-refractivity contribution is 4.98. The number of halogens is 3. The van der Waals surface area contributed by atoms with E-state index in [9.17, 15) is 13.2 Å². The summed E-state index contributed by atoms with van der Waals surface area (Å²) in [7, 11) is 0. The van der Waals surface area contributed by atoms with Gasteiger partial charge in [0.05, 0.1) is 12.6 Å². The summed E-state index contributed by atoms with van der Waals surface area (Å²) in [4.78, 5) is 0. The van der Waals surface area contributed by atoms with Crippen molar-refractivity contribution in [2.75, 3.05) is 0 Å². The number of alkyl halides is 3. The molecule has 0 aliphatic carbocycles. The number of aromatic nitrogens is 2. The first-order valence-corrected chi connectivity index (χ1v) is 3.90. The molecule has 76 valence electrons. The minimum Gasteiger partial charge on any atom is -0.268 e. The van der Waals surface area contributed by atoms with Crippen molar-refractivity contribution in [3.05, 3.63) is 18.0 Å². The highest BCUT2D eigenvalue weighted by Crippen LogP contribution is 2.26. The highest BCUT2D eigenvalue weighted by Gasteiger charge is 2.40. The predicted octanol–water partition coefficient (Wildman–Crippen LogP) is 1.89. The Kier molecular flexibility index (Phi) is 2.79. The molecule has 1 rings (SSSR count). The van der Waals surface area contributed by atoms with E-state index in [1.807, 2.05) is 0 Å². The molecule has 3 nitrogen and oxygen atoms in total. The summed E-state index contributed by atoms with van der Waals surface area (Å²) < 4.78 is 37.7. The minimum absolute atomic E-state index is 0.446. The van der Waals surface area contributed by atoms with Gasteiger partial charge in [-0.05, 0) is 13.0 Å². The normalized spacial score (nSPS) is 13.6. The Labute approximate surface area is 78.8 Å². The van der Waals surface area contributed by atoms with E-state index in [-0.39, 0.29) is 0 Å². The van der Waals surface area contributed by atoms with Crippen LogP contribution in [0.25, 0.3) is 0 Å². The lowest BCUT2D eigenvalue weighted by Crippen LogP contribution is -2.26. The molecule has 1 atom stereocenters. The van der Waals surface area contributed by atoms with E-state index >= 15 is 0 Å². The Morgan fingerprint density at radius 1 is 1.64 bits per heavy atom. The molecule has 1 aromatic rings. The van der Waals surface area contributed by atoms with Gasteiger partial charge in [-0.25, -0.2) is 0 Å². The lowest BCUT2D eigenvalue weighted by atomic mass is 10.1. The molecule has 0 N–H and O–H groups in total. The molecule has 0 aliphatic heterocycles. The summed E-state index contributed by atoms with van der Waals surface area (Å²) in [5, 5.41) is 12.0. The van der Waals surface area contributed by atoms with Crippen molar-refractivity contribution in [1.29, 1.82) is 5.26 Å². The van der Waals surface area contributed by atoms with Gasteiger partial charge in [-0.1, -0.05) is 0 Å². The quantitative estimate of drug-likeness (QED) is 0.736. The highest BCUT2D eigenvalue weighted by atomic mass is 19.4. The zero-order valence-electron chi connectivity index (χ0n) is 7.41. The van der Waals surface area contributed by atoms with E-state index in [2.05, 4.69) is 5.10 Å². The second-order valence-corrected chi connectivity index (χ2v) is 2.88. The Bertz CT molecular complexity index is 347. The molecule has 0 bridgehead atoms. The second kappa shape index (κ2) is 3.70. The number of nitrogens with zero attached hydrogens (tertiary/aromatic N) is 3. The third-order valence-corrected chi connectivity index (χ3v) is 1.84. The molecule has 1 aromatic heterocycles. The maximum Gasteiger partial charge on any atom is 0.406 e. The van der Waals surface area contributed by atoms with Gasteiger partial charge in [-0.2, -0.15) is 23.5 Å². The summed E-state index contributed by atoms with van der Waals surface area (Å²) in [6, 6.07) is 2.81. The van der Waals surface area contributed by atoms with E-state index < -0.39 is 18.6 Å². The first kappa shape index (κ1) is 10.6. The van der Waals surface area contributed by atoms with Crippen molar-refractivity contribution in [3.63, 3.8) is 0 Å². The van der Waals surface area contributed by atoms with Crippen LogP contribution in [-0.2, 0) is 6.54 Å². The van der Waals surface area contributed by atoms with Crippen LogP contribution in [0.5, 0.6) is 0 Å². The molecule has 1 heterocycles. The molecule has 1 unspecified atom stereocenters. The third-order valence-electron chi connectivity index (χ3n) is 1.84. The van der Waals surface area contributed by atoms with Crippen molar-refractivity contribution >= 4 is 0 Å². The maximum absolute atomic E-state index is 12.2. The summed E-state index contributed by atoms with van der Waals surface area (Å²) in [5.41, 5.74) is 0.606. The van der Waals surface area contributed by atoms with E-state index in [0.29, 0.717) is 5.69 Å². The molecule has 0 fully saturated rings. The van der Waals surface area contributed by atoms with Gasteiger partial charge in [0.25, 0.3) is 0 Å². The molecule has 14 heavy (non-hydrogen) atoms. The third kappa shape index (κ3) is 2.25. The number of hydrogen-bond donors (Lipinski definition) is 0. The molecular formula is C8H8F3N3. The van der Waals surface area contributed by atoms with Gasteiger partial charge in [0.2, 0.25) is 0 Å². The smallest absolute Gasteiger partial charge is 0.268 e. The van der Waals surface area contributed by atoms with E-state index in [1.54, 1.807) is 13.0 Å². The van der Waals surface area contributed by atoms with Gasteiger partial charge in [0, 0.05) is 11.9 Å². The van der Waals surface area contributed by atoms with Crippen LogP contribution in [-0.4, -0.2) is 16.0 Å². The van der Waals surface area contributed by atoms with Crippen molar-refractivity contribution < 1.29 is 13.2 Å². The predicted molar refractivity (Wildman–Crippen MR) is 42.1 cm³/mol. The minimum atomic E-state index is -4.49. The van der Waals surface area contributed by atoms with Crippen LogP contribution in [0.15, 0.2) is 12.3 Å². The number of aryl methyl sites for hydroxylation is 1. The molecule has 0 saturated carbocycles. The molecule has 0 spiro atoms. The summed E-state index contributed by atoms with van der Waals surface area (Å²) >= 11 is 0. The van der Waals surface area contributed by atoms with Crippen LogP contribution in [0.4, 0.5) is 13.2 Å². The van der Waals surface area contributed by atoms with E-state index in [4.69, 9.17) is 5.26 Å². The molecule has 6 heteroatoms. The first-order chi connectivity index (χ1) is 6.45. The first-order valence-electron chi connectivity index (χ1n) is 3.90. The summed E-state index contributed by atoms with van der Waals surface area (Å²) in [6.07, 6.45) is -3.09. The van der Waals surface area contributed by atoms with E-state index in [0.717, 1.165) is 0 Å². The van der Waals surface area contributed by atoms with Crippen molar-refractivity contribution in [3.8, 4) is 6.07 Å². The zero-order chi connectivity index (χ0) is 10.8. The van der Waals surface area contributed by atoms with Crippen LogP contribution < -0.4 is 0 Å². The lowest BCUT2D eigenvalue weighted by Gasteiger charge is -2.13. The SMILES string of the molecule is Cc1ccnn1CC(C#N)C(F)(F)F.